The number of nitrogen functional groups attached to an aromatic ring is 1. The van der Waals surface area contributed by atoms with Gasteiger partial charge in [0, 0.05) is 18.9 Å². The lowest BCUT2D eigenvalue weighted by atomic mass is 10.2. The van der Waals surface area contributed by atoms with E-state index < -0.39 is 17.6 Å². The lowest BCUT2D eigenvalue weighted by Crippen LogP contribution is -2.33. The fourth-order valence-electron chi connectivity index (χ4n) is 2.32. The van der Waals surface area contributed by atoms with Crippen LogP contribution in [-0.2, 0) is 11.8 Å². The third-order valence-electron chi connectivity index (χ3n) is 3.46. The van der Waals surface area contributed by atoms with Gasteiger partial charge in [-0.15, -0.1) is 0 Å². The number of aryl methyl sites for hydroxylation is 1. The monoisotopic (exact) mass is 342 g/mol. The Labute approximate surface area is 142 Å². The van der Waals surface area contributed by atoms with E-state index in [2.05, 4.69) is 20.6 Å². The van der Waals surface area contributed by atoms with Crippen molar-refractivity contribution < 1.29 is 14.0 Å². The maximum absolute atomic E-state index is 12.9. The summed E-state index contributed by atoms with van der Waals surface area (Å²) < 4.78 is 14.4. The lowest BCUT2D eigenvalue weighted by molar-refractivity contribution is -0.110. The normalized spacial score (nSPS) is 13.2. The number of nitrogens with one attached hydrogen (secondary N) is 2. The minimum absolute atomic E-state index is 0.0832. The summed E-state index contributed by atoms with van der Waals surface area (Å²) >= 11 is 0. The maximum Gasteiger partial charge on any atom is 0.291 e. The van der Waals surface area contributed by atoms with E-state index in [1.165, 1.54) is 35.0 Å². The topological polar surface area (TPSA) is 114 Å². The second-order valence-corrected chi connectivity index (χ2v) is 5.32. The highest BCUT2D eigenvalue weighted by Crippen LogP contribution is 2.12. The van der Waals surface area contributed by atoms with Crippen LogP contribution in [0.25, 0.3) is 0 Å². The number of imidazole rings is 1. The Bertz CT molecular complexity index is 898. The van der Waals surface area contributed by atoms with Crippen LogP contribution in [0.4, 0.5) is 15.9 Å². The summed E-state index contributed by atoms with van der Waals surface area (Å²) in [6.07, 6.45) is 3.12. The van der Waals surface area contributed by atoms with Gasteiger partial charge in [0.25, 0.3) is 11.8 Å². The number of aromatic nitrogens is 2. The molecule has 0 spiro atoms. The molecule has 1 aromatic carbocycles. The van der Waals surface area contributed by atoms with E-state index in [-0.39, 0.29) is 29.6 Å². The number of anilines is 2. The second kappa shape index (κ2) is 6.56. The molecule has 2 amide bonds. The highest BCUT2D eigenvalue weighted by molar-refractivity contribution is 6.49. The molecule has 2 aromatic rings. The van der Waals surface area contributed by atoms with Crippen molar-refractivity contribution in [3.63, 3.8) is 0 Å². The summed E-state index contributed by atoms with van der Waals surface area (Å²) in [5, 5.41) is 5.21. The molecule has 4 N–H and O–H groups in total. The summed E-state index contributed by atoms with van der Waals surface area (Å²) in [6.45, 7) is 0.268. The SMILES string of the molecule is Cn1cc(N)nc1C(=O)NC1=CCN=C1C(=O)Nc1ccc(F)cc1. The molecule has 1 aliphatic rings. The molecule has 0 unspecified atom stereocenters. The fraction of sp³-hybridized carbons (Fsp3) is 0.125. The Kier molecular flexibility index (Phi) is 4.29. The zero-order valence-corrected chi connectivity index (χ0v) is 13.3. The van der Waals surface area contributed by atoms with E-state index in [1.807, 2.05) is 0 Å². The van der Waals surface area contributed by atoms with Crippen LogP contribution in [0.1, 0.15) is 10.6 Å². The maximum atomic E-state index is 12.9. The van der Waals surface area contributed by atoms with Crippen molar-refractivity contribution in [2.45, 2.75) is 0 Å². The molecule has 0 saturated heterocycles. The van der Waals surface area contributed by atoms with Gasteiger partial charge in [0.05, 0.1) is 12.2 Å². The van der Waals surface area contributed by atoms with Crippen molar-refractivity contribution in [2.75, 3.05) is 17.6 Å². The molecule has 0 saturated carbocycles. The number of aliphatic imine (C=N–C) groups is 1. The van der Waals surface area contributed by atoms with Crippen molar-refractivity contribution in [2.24, 2.45) is 12.0 Å². The molecule has 128 valence electrons. The van der Waals surface area contributed by atoms with Gasteiger partial charge < -0.3 is 20.9 Å². The van der Waals surface area contributed by atoms with E-state index in [9.17, 15) is 14.0 Å². The van der Waals surface area contributed by atoms with E-state index in [0.29, 0.717) is 5.69 Å². The van der Waals surface area contributed by atoms with Gasteiger partial charge >= 0.3 is 0 Å². The summed E-state index contributed by atoms with van der Waals surface area (Å²) in [5.41, 5.74) is 6.34. The Balaban J connectivity index is 1.69. The van der Waals surface area contributed by atoms with Crippen molar-refractivity contribution in [3.05, 3.63) is 53.9 Å². The zero-order valence-electron chi connectivity index (χ0n) is 13.3. The van der Waals surface area contributed by atoms with Gasteiger partial charge in [0.15, 0.2) is 0 Å². The molecule has 8 nitrogen and oxygen atoms in total. The number of nitrogens with two attached hydrogens (primary N) is 1. The standard InChI is InChI=1S/C16H15FN6O2/c1-23-8-12(18)22-14(23)16(25)21-11-6-7-19-13(11)15(24)20-10-4-2-9(17)3-5-10/h2-6,8H,7,18H2,1H3,(H,20,24)(H,21,25). The number of halogens is 1. The van der Waals surface area contributed by atoms with Crippen LogP contribution in [-0.4, -0.2) is 33.6 Å². The Hall–Kier alpha value is -3.49. The van der Waals surface area contributed by atoms with Crippen molar-refractivity contribution in [3.8, 4) is 0 Å². The van der Waals surface area contributed by atoms with Crippen LogP contribution in [0.3, 0.4) is 0 Å². The molecule has 0 fully saturated rings. The average Bonchev–Trinajstić information content (AvgIpc) is 3.15. The second-order valence-electron chi connectivity index (χ2n) is 5.32. The summed E-state index contributed by atoms with van der Waals surface area (Å²) in [4.78, 5) is 32.6. The number of amides is 2. The highest BCUT2D eigenvalue weighted by Gasteiger charge is 2.23. The van der Waals surface area contributed by atoms with Gasteiger partial charge in [0.1, 0.15) is 17.3 Å². The first-order valence-electron chi connectivity index (χ1n) is 7.36. The van der Waals surface area contributed by atoms with Gasteiger partial charge in [-0.05, 0) is 30.3 Å². The molecule has 1 aliphatic heterocycles. The quantitative estimate of drug-likeness (QED) is 0.764. The zero-order chi connectivity index (χ0) is 18.0. The highest BCUT2D eigenvalue weighted by atomic mass is 19.1. The van der Waals surface area contributed by atoms with Crippen LogP contribution in [0.2, 0.25) is 0 Å². The predicted molar refractivity (Wildman–Crippen MR) is 90.5 cm³/mol. The van der Waals surface area contributed by atoms with Crippen LogP contribution < -0.4 is 16.4 Å². The summed E-state index contributed by atoms with van der Waals surface area (Å²) in [5.74, 6) is -1.08. The van der Waals surface area contributed by atoms with Crippen LogP contribution in [0, 0.1) is 5.82 Å². The third kappa shape index (κ3) is 3.55. The Morgan fingerprint density at radius 1 is 1.20 bits per heavy atom. The van der Waals surface area contributed by atoms with Crippen molar-refractivity contribution in [1.82, 2.24) is 14.9 Å². The summed E-state index contributed by atoms with van der Waals surface area (Å²) in [7, 11) is 1.64. The van der Waals surface area contributed by atoms with E-state index in [4.69, 9.17) is 5.73 Å². The number of nitrogens with zero attached hydrogens (tertiary/aromatic N) is 3. The fourth-order valence-corrected chi connectivity index (χ4v) is 2.32. The summed E-state index contributed by atoms with van der Waals surface area (Å²) in [6, 6.07) is 5.33. The molecule has 1 aromatic heterocycles. The predicted octanol–water partition coefficient (Wildman–Crippen LogP) is 0.848. The lowest BCUT2D eigenvalue weighted by Gasteiger charge is -2.10. The minimum Gasteiger partial charge on any atom is -0.382 e. The number of hydrogen-bond acceptors (Lipinski definition) is 5. The molecule has 0 atom stereocenters. The van der Waals surface area contributed by atoms with E-state index in [1.54, 1.807) is 13.1 Å². The van der Waals surface area contributed by atoms with Gasteiger partial charge in [-0.1, -0.05) is 0 Å². The third-order valence-corrected chi connectivity index (χ3v) is 3.46. The van der Waals surface area contributed by atoms with E-state index in [0.717, 1.165) is 0 Å². The molecule has 25 heavy (non-hydrogen) atoms. The Morgan fingerprint density at radius 2 is 1.92 bits per heavy atom. The smallest absolute Gasteiger partial charge is 0.291 e. The first-order chi connectivity index (χ1) is 11.9. The van der Waals surface area contributed by atoms with Gasteiger partial charge in [-0.25, -0.2) is 9.37 Å². The van der Waals surface area contributed by atoms with Crippen molar-refractivity contribution >= 4 is 29.0 Å². The van der Waals surface area contributed by atoms with E-state index >= 15 is 0 Å². The molecule has 3 rings (SSSR count). The first-order valence-corrected chi connectivity index (χ1v) is 7.36. The number of benzene rings is 1. The minimum atomic E-state index is -0.505. The number of carbonyl (C=O) groups excluding carboxylic acids is 2. The number of rotatable bonds is 4. The molecular formula is C16H15FN6O2. The molecule has 0 radical (unpaired) electrons. The number of hydrogen-bond donors (Lipinski definition) is 3. The molecule has 0 bridgehead atoms. The van der Waals surface area contributed by atoms with Crippen LogP contribution in [0.5, 0.6) is 0 Å². The number of carbonyl (C=O) groups is 2. The average molecular weight is 342 g/mol. The van der Waals surface area contributed by atoms with Crippen LogP contribution in [0.15, 0.2) is 47.2 Å². The Morgan fingerprint density at radius 3 is 2.56 bits per heavy atom. The first kappa shape index (κ1) is 16.4. The van der Waals surface area contributed by atoms with Gasteiger partial charge in [-0.2, -0.15) is 0 Å². The largest absolute Gasteiger partial charge is 0.382 e. The van der Waals surface area contributed by atoms with Gasteiger partial charge in [-0.3, -0.25) is 14.6 Å². The molecule has 0 aliphatic carbocycles. The molecular weight excluding hydrogens is 327 g/mol. The van der Waals surface area contributed by atoms with Crippen molar-refractivity contribution in [1.29, 1.82) is 0 Å². The van der Waals surface area contributed by atoms with Gasteiger partial charge in [0.2, 0.25) is 5.82 Å². The van der Waals surface area contributed by atoms with Crippen LogP contribution >= 0.6 is 0 Å². The molecule has 2 heterocycles. The molecule has 9 heteroatoms.